The number of hydrogen-bond acceptors (Lipinski definition) is 4. The van der Waals surface area contributed by atoms with Gasteiger partial charge < -0.3 is 10.2 Å². The maximum atomic E-state index is 12.3. The Hall–Kier alpha value is -1.25. The molecule has 1 aliphatic rings. The Morgan fingerprint density at radius 3 is 2.54 bits per heavy atom. The van der Waals surface area contributed by atoms with Crippen LogP contribution in [0, 0.1) is 5.92 Å². The number of nitrogens with one attached hydrogen (secondary N) is 2. The van der Waals surface area contributed by atoms with E-state index in [-0.39, 0.29) is 11.8 Å². The van der Waals surface area contributed by atoms with Crippen LogP contribution in [0.3, 0.4) is 0 Å². The molecule has 1 unspecified atom stereocenters. The lowest BCUT2D eigenvalue weighted by Gasteiger charge is -2.36. The van der Waals surface area contributed by atoms with E-state index in [1.165, 1.54) is 0 Å². The summed E-state index contributed by atoms with van der Waals surface area (Å²) in [6.45, 7) is 10.7. The highest BCUT2D eigenvalue weighted by molar-refractivity contribution is 8.00. The first-order valence-electron chi connectivity index (χ1n) is 9.86. The number of aliphatic imine (C=N–C) groups is 1. The van der Waals surface area contributed by atoms with E-state index in [1.54, 1.807) is 7.05 Å². The van der Waals surface area contributed by atoms with Crippen molar-refractivity contribution >= 4 is 27.7 Å². The summed E-state index contributed by atoms with van der Waals surface area (Å²) in [5.74, 6) is 2.59. The molecule has 1 saturated heterocycles. The van der Waals surface area contributed by atoms with Crippen molar-refractivity contribution in [1.29, 1.82) is 0 Å². The standard InChI is InChI=1S/C20H34N4O2S2/c1-15(2)19-13-24(10-11-27-19)20(21-5)22-12-17-8-6-7-9-18(17)14-28(25,26)23-16(3)4/h6-9,15-16,19,23H,10-14H2,1-5H3,(H,21,22). The van der Waals surface area contributed by atoms with E-state index in [9.17, 15) is 8.42 Å². The van der Waals surface area contributed by atoms with Gasteiger partial charge in [0.1, 0.15) is 0 Å². The molecule has 2 rings (SSSR count). The van der Waals surface area contributed by atoms with Crippen LogP contribution in [-0.4, -0.2) is 56.5 Å². The van der Waals surface area contributed by atoms with Gasteiger partial charge in [-0.15, -0.1) is 0 Å². The number of benzene rings is 1. The average molecular weight is 427 g/mol. The number of thioether (sulfide) groups is 1. The molecule has 1 aromatic rings. The first kappa shape index (κ1) is 23.0. The Balaban J connectivity index is 2.05. The van der Waals surface area contributed by atoms with E-state index < -0.39 is 10.0 Å². The highest BCUT2D eigenvalue weighted by Gasteiger charge is 2.25. The first-order chi connectivity index (χ1) is 13.2. The predicted molar refractivity (Wildman–Crippen MR) is 120 cm³/mol. The average Bonchev–Trinajstić information content (AvgIpc) is 2.62. The van der Waals surface area contributed by atoms with E-state index in [0.29, 0.717) is 17.7 Å². The molecule has 0 amide bonds. The molecule has 1 fully saturated rings. The summed E-state index contributed by atoms with van der Waals surface area (Å²) in [4.78, 5) is 6.76. The van der Waals surface area contributed by atoms with Crippen LogP contribution in [0.2, 0.25) is 0 Å². The van der Waals surface area contributed by atoms with Crippen molar-refractivity contribution in [3.63, 3.8) is 0 Å². The van der Waals surface area contributed by atoms with Gasteiger partial charge in [0.05, 0.1) is 5.75 Å². The second-order valence-corrected chi connectivity index (χ2v) is 10.9. The highest BCUT2D eigenvalue weighted by Crippen LogP contribution is 2.25. The third-order valence-corrected chi connectivity index (χ3v) is 7.73. The van der Waals surface area contributed by atoms with Gasteiger partial charge in [-0.3, -0.25) is 4.99 Å². The van der Waals surface area contributed by atoms with Crippen LogP contribution in [0.4, 0.5) is 0 Å². The second-order valence-electron chi connectivity index (χ2n) is 7.80. The van der Waals surface area contributed by atoms with E-state index in [0.717, 1.165) is 35.9 Å². The fourth-order valence-electron chi connectivity index (χ4n) is 3.25. The largest absolute Gasteiger partial charge is 0.352 e. The zero-order chi connectivity index (χ0) is 20.7. The fraction of sp³-hybridized carbons (Fsp3) is 0.650. The Labute approximate surface area is 174 Å². The molecule has 8 heteroatoms. The molecule has 158 valence electrons. The minimum atomic E-state index is -3.36. The maximum Gasteiger partial charge on any atom is 0.216 e. The molecule has 0 aliphatic carbocycles. The molecule has 1 aromatic carbocycles. The van der Waals surface area contributed by atoms with Crippen LogP contribution >= 0.6 is 11.8 Å². The third kappa shape index (κ3) is 6.97. The van der Waals surface area contributed by atoms with Crippen LogP contribution in [0.1, 0.15) is 38.8 Å². The summed E-state index contributed by atoms with van der Waals surface area (Å²) in [6.07, 6.45) is 0. The predicted octanol–water partition coefficient (Wildman–Crippen LogP) is 2.66. The lowest BCUT2D eigenvalue weighted by Crippen LogP contribution is -2.48. The van der Waals surface area contributed by atoms with Crippen LogP contribution in [0.15, 0.2) is 29.3 Å². The van der Waals surface area contributed by atoms with Crippen molar-refractivity contribution in [1.82, 2.24) is 14.9 Å². The van der Waals surface area contributed by atoms with Crippen LogP contribution in [0.25, 0.3) is 0 Å². The Morgan fingerprint density at radius 1 is 1.25 bits per heavy atom. The Morgan fingerprint density at radius 2 is 1.93 bits per heavy atom. The summed E-state index contributed by atoms with van der Waals surface area (Å²) < 4.78 is 27.3. The lowest BCUT2D eigenvalue weighted by atomic mass is 10.1. The van der Waals surface area contributed by atoms with Crippen LogP contribution in [0.5, 0.6) is 0 Å². The van der Waals surface area contributed by atoms with Gasteiger partial charge in [0.25, 0.3) is 0 Å². The van der Waals surface area contributed by atoms with Gasteiger partial charge in [0.15, 0.2) is 5.96 Å². The topological polar surface area (TPSA) is 73.8 Å². The maximum absolute atomic E-state index is 12.3. The van der Waals surface area contributed by atoms with Gasteiger partial charge in [0, 0.05) is 43.7 Å². The van der Waals surface area contributed by atoms with Gasteiger partial charge >= 0.3 is 0 Å². The zero-order valence-corrected chi connectivity index (χ0v) is 19.2. The Bertz CT molecular complexity index is 763. The molecule has 0 spiro atoms. The van der Waals surface area contributed by atoms with E-state index in [2.05, 4.69) is 33.8 Å². The molecular formula is C20H34N4O2S2. The van der Waals surface area contributed by atoms with Crippen LogP contribution < -0.4 is 10.0 Å². The fourth-order valence-corrected chi connectivity index (χ4v) is 6.05. The van der Waals surface area contributed by atoms with E-state index in [1.807, 2.05) is 49.9 Å². The molecule has 6 nitrogen and oxygen atoms in total. The van der Waals surface area contributed by atoms with Crippen molar-refractivity contribution in [3.05, 3.63) is 35.4 Å². The molecule has 0 saturated carbocycles. The van der Waals surface area contributed by atoms with Crippen molar-refractivity contribution in [2.45, 2.75) is 51.3 Å². The molecular weight excluding hydrogens is 392 g/mol. The molecule has 1 heterocycles. The van der Waals surface area contributed by atoms with Crippen LogP contribution in [-0.2, 0) is 22.3 Å². The summed E-state index contributed by atoms with van der Waals surface area (Å²) in [6, 6.07) is 7.57. The number of sulfonamides is 1. The van der Waals surface area contributed by atoms with Crippen molar-refractivity contribution < 1.29 is 8.42 Å². The number of guanidine groups is 1. The molecule has 2 N–H and O–H groups in total. The first-order valence-corrected chi connectivity index (χ1v) is 12.6. The van der Waals surface area contributed by atoms with E-state index in [4.69, 9.17) is 0 Å². The molecule has 0 radical (unpaired) electrons. The normalized spacial score (nSPS) is 18.8. The van der Waals surface area contributed by atoms with Crippen molar-refractivity contribution in [3.8, 4) is 0 Å². The lowest BCUT2D eigenvalue weighted by molar-refractivity contribution is 0.380. The monoisotopic (exact) mass is 426 g/mol. The minimum absolute atomic E-state index is 0.0165. The van der Waals surface area contributed by atoms with Gasteiger partial charge in [-0.2, -0.15) is 11.8 Å². The number of rotatable bonds is 7. The summed E-state index contributed by atoms with van der Waals surface area (Å²) in [7, 11) is -1.56. The zero-order valence-electron chi connectivity index (χ0n) is 17.6. The van der Waals surface area contributed by atoms with Gasteiger partial charge in [-0.25, -0.2) is 13.1 Å². The number of hydrogen-bond donors (Lipinski definition) is 2. The third-order valence-electron chi connectivity index (χ3n) is 4.66. The quantitative estimate of drug-likeness (QED) is 0.518. The summed E-state index contributed by atoms with van der Waals surface area (Å²) >= 11 is 2.03. The molecule has 28 heavy (non-hydrogen) atoms. The van der Waals surface area contributed by atoms with Gasteiger partial charge in [-0.05, 0) is 30.9 Å². The molecule has 1 atom stereocenters. The highest BCUT2D eigenvalue weighted by atomic mass is 32.2. The summed E-state index contributed by atoms with van der Waals surface area (Å²) in [5.41, 5.74) is 1.79. The van der Waals surface area contributed by atoms with E-state index >= 15 is 0 Å². The minimum Gasteiger partial charge on any atom is -0.352 e. The van der Waals surface area contributed by atoms with Crippen molar-refractivity contribution in [2.24, 2.45) is 10.9 Å². The smallest absolute Gasteiger partial charge is 0.216 e. The second kappa shape index (κ2) is 10.5. The SMILES string of the molecule is CN=C(NCc1ccccc1CS(=O)(=O)NC(C)C)N1CCSC(C(C)C)C1. The van der Waals surface area contributed by atoms with Gasteiger partial charge in [0.2, 0.25) is 10.0 Å². The van der Waals surface area contributed by atoms with Gasteiger partial charge in [-0.1, -0.05) is 38.1 Å². The molecule has 1 aliphatic heterocycles. The number of nitrogens with zero attached hydrogens (tertiary/aromatic N) is 2. The van der Waals surface area contributed by atoms with Crippen molar-refractivity contribution in [2.75, 3.05) is 25.9 Å². The molecule has 0 aromatic heterocycles. The Kier molecular flexibility index (Phi) is 8.64. The summed E-state index contributed by atoms with van der Waals surface area (Å²) in [5, 5.41) is 4.04. The molecule has 0 bridgehead atoms.